The summed E-state index contributed by atoms with van der Waals surface area (Å²) < 4.78 is 29.3. The number of thiazole rings is 2. The van der Waals surface area contributed by atoms with Crippen LogP contribution in [0.4, 0.5) is 19.0 Å². The predicted molar refractivity (Wildman–Crippen MR) is 157 cm³/mol. The van der Waals surface area contributed by atoms with E-state index in [1.807, 2.05) is 17.9 Å². The largest absolute Gasteiger partial charge is 0.352 e. The lowest BCUT2D eigenvalue weighted by molar-refractivity contribution is -0.139. The van der Waals surface area contributed by atoms with Crippen LogP contribution < -0.4 is 10.6 Å². The van der Waals surface area contributed by atoms with Crippen molar-refractivity contribution < 1.29 is 18.4 Å². The molecule has 0 saturated carbocycles. The van der Waals surface area contributed by atoms with Crippen molar-refractivity contribution >= 4 is 65.2 Å². The molecule has 0 atom stereocenters. The Morgan fingerprint density at radius 2 is 1.52 bits per heavy atom. The molecule has 2 aromatic heterocycles. The Bertz CT molecular complexity index is 1370. The Kier molecular flexibility index (Phi) is 8.69. The molecule has 2 fully saturated rings. The number of piperidine rings is 1. The van der Waals surface area contributed by atoms with E-state index in [0.717, 1.165) is 65.3 Å². The molecule has 0 aliphatic carbocycles. The van der Waals surface area contributed by atoms with Crippen LogP contribution >= 0.6 is 22.7 Å². The maximum absolute atomic E-state index is 13.7. The second-order valence-electron chi connectivity index (χ2n) is 10.7. The van der Waals surface area contributed by atoms with Gasteiger partial charge in [0.25, 0.3) is 5.92 Å². The second kappa shape index (κ2) is 12.0. The highest BCUT2D eigenvalue weighted by atomic mass is 32.1. The van der Waals surface area contributed by atoms with Crippen molar-refractivity contribution in [1.29, 1.82) is 0 Å². The number of likely N-dealkylation sites (tertiary alicyclic amines) is 1. The van der Waals surface area contributed by atoms with E-state index < -0.39 is 12.5 Å². The molecule has 10 nitrogen and oxygen atoms in total. The first-order chi connectivity index (χ1) is 19.1. The number of amides is 2. The molecule has 0 radical (unpaired) electrons. The smallest absolute Gasteiger partial charge is 0.265 e. The first kappa shape index (κ1) is 28.8. The summed E-state index contributed by atoms with van der Waals surface area (Å²) >= 11 is 2.91. The third kappa shape index (κ3) is 6.78. The molecular weight excluding hydrogens is 558 g/mol. The molecule has 2 amide bonds. The fourth-order valence-electron chi connectivity index (χ4n) is 5.05. The minimum atomic E-state index is -2.82. The number of piperazine rings is 1. The van der Waals surface area contributed by atoms with E-state index in [0.29, 0.717) is 23.2 Å². The first-order valence-electron chi connectivity index (χ1n) is 13.6. The van der Waals surface area contributed by atoms with Crippen LogP contribution in [0.3, 0.4) is 0 Å². The van der Waals surface area contributed by atoms with Crippen molar-refractivity contribution in [3.05, 3.63) is 11.6 Å². The number of fused-ring (bicyclic) bond motifs is 2. The number of likely N-dealkylation sites (N-methyl/N-ethyl adjacent to an activating group) is 1. The number of carbonyl (C=O) groups is 2. The van der Waals surface area contributed by atoms with Crippen LogP contribution in [-0.4, -0.2) is 127 Å². The molecule has 2 aliphatic rings. The monoisotopic (exact) mass is 594 g/mol. The summed E-state index contributed by atoms with van der Waals surface area (Å²) in [5.41, 5.74) is 2.53. The van der Waals surface area contributed by atoms with Gasteiger partial charge in [-0.15, -0.1) is 0 Å². The average Bonchev–Trinajstić information content (AvgIpc) is 3.53. The molecule has 2 aliphatic heterocycles. The third-order valence-electron chi connectivity index (χ3n) is 7.39. The lowest BCUT2D eigenvalue weighted by atomic mass is 10.1. The van der Waals surface area contributed by atoms with E-state index in [-0.39, 0.29) is 31.3 Å². The molecule has 4 heterocycles. The molecule has 5 rings (SSSR count). The molecule has 2 N–H and O–H groups in total. The van der Waals surface area contributed by atoms with Crippen LogP contribution in [0.15, 0.2) is 6.07 Å². The van der Waals surface area contributed by atoms with E-state index in [9.17, 15) is 18.4 Å². The molecule has 1 aromatic carbocycles. The van der Waals surface area contributed by atoms with Gasteiger partial charge >= 0.3 is 0 Å². The highest BCUT2D eigenvalue weighted by molar-refractivity contribution is 7.24. The van der Waals surface area contributed by atoms with Crippen molar-refractivity contribution in [2.45, 2.75) is 25.7 Å². The van der Waals surface area contributed by atoms with Crippen molar-refractivity contribution in [2.75, 3.05) is 90.2 Å². The summed E-state index contributed by atoms with van der Waals surface area (Å²) in [5, 5.41) is 7.48. The van der Waals surface area contributed by atoms with Crippen LogP contribution in [0.1, 0.15) is 18.4 Å². The number of hydrogen-bond donors (Lipinski definition) is 2. The van der Waals surface area contributed by atoms with E-state index in [4.69, 9.17) is 4.98 Å². The molecular formula is C26H36F2N8O2S2. The third-order valence-corrected chi connectivity index (χ3v) is 9.32. The number of anilines is 2. The molecule has 0 unspecified atom stereocenters. The number of halogens is 2. The number of carbonyl (C=O) groups excluding carboxylic acids is 2. The first-order valence-corrected chi connectivity index (χ1v) is 15.2. The van der Waals surface area contributed by atoms with Gasteiger partial charge in [-0.3, -0.25) is 14.5 Å². The van der Waals surface area contributed by atoms with Crippen LogP contribution in [0, 0.1) is 6.92 Å². The average molecular weight is 595 g/mol. The standard InChI is InChI=1S/C26H36F2N8O2S2/c1-17-22-18(39-24(31-22)29-14-20(37)35-11-9-34(10-12-35)8-7-33(2)3)13-19-23(17)32-25(40-19)30-15-21(38)36-6-4-5-26(27,28)16-36/h13H,4-12,14-16H2,1-3H3,(H,29,31)(H,30,32). The van der Waals surface area contributed by atoms with Gasteiger partial charge in [0.05, 0.1) is 40.1 Å². The van der Waals surface area contributed by atoms with Gasteiger partial charge in [0.2, 0.25) is 11.8 Å². The SMILES string of the molecule is Cc1c2nc(NCC(=O)N3CCN(CCN(C)C)CC3)sc2cc2sc(NCC(=O)N3CCCC(F)(F)C3)nc12. The summed E-state index contributed by atoms with van der Waals surface area (Å²) in [4.78, 5) is 42.3. The fourth-order valence-corrected chi connectivity index (χ4v) is 7.04. The molecule has 218 valence electrons. The maximum Gasteiger partial charge on any atom is 0.265 e. The quantitative estimate of drug-likeness (QED) is 0.391. The predicted octanol–water partition coefficient (Wildman–Crippen LogP) is 3.00. The van der Waals surface area contributed by atoms with Crippen molar-refractivity contribution in [1.82, 2.24) is 29.6 Å². The second-order valence-corrected chi connectivity index (χ2v) is 12.8. The topological polar surface area (TPSA) is 96.9 Å². The zero-order chi connectivity index (χ0) is 28.4. The number of nitrogens with one attached hydrogen (secondary N) is 2. The molecule has 40 heavy (non-hydrogen) atoms. The summed E-state index contributed by atoms with van der Waals surface area (Å²) in [6.07, 6.45) is 0.136. The van der Waals surface area contributed by atoms with Gasteiger partial charge < -0.3 is 25.3 Å². The minimum absolute atomic E-state index is 0.0735. The highest BCUT2D eigenvalue weighted by Crippen LogP contribution is 2.37. The lowest BCUT2D eigenvalue weighted by Gasteiger charge is -2.35. The van der Waals surface area contributed by atoms with Gasteiger partial charge in [-0.05, 0) is 33.5 Å². The number of benzene rings is 1. The Balaban J connectivity index is 1.16. The molecule has 0 spiro atoms. The van der Waals surface area contributed by atoms with Gasteiger partial charge in [-0.2, -0.15) is 0 Å². The van der Waals surface area contributed by atoms with Gasteiger partial charge in [0.15, 0.2) is 10.3 Å². The van der Waals surface area contributed by atoms with E-state index in [1.54, 1.807) is 0 Å². The Morgan fingerprint density at radius 3 is 2.08 bits per heavy atom. The number of alkyl halides is 2. The van der Waals surface area contributed by atoms with E-state index in [1.165, 1.54) is 27.6 Å². The molecule has 0 bridgehead atoms. The van der Waals surface area contributed by atoms with Gasteiger partial charge in [0.1, 0.15) is 0 Å². The Hall–Kier alpha value is -2.68. The lowest BCUT2D eigenvalue weighted by Crippen LogP contribution is -2.51. The van der Waals surface area contributed by atoms with E-state index in [2.05, 4.69) is 39.5 Å². The van der Waals surface area contributed by atoms with Gasteiger partial charge in [-0.1, -0.05) is 22.7 Å². The van der Waals surface area contributed by atoms with Crippen LogP contribution in [0.25, 0.3) is 20.4 Å². The summed E-state index contributed by atoms with van der Waals surface area (Å²) in [6.45, 7) is 7.20. The Morgan fingerprint density at radius 1 is 0.950 bits per heavy atom. The number of aryl methyl sites for hydroxylation is 1. The zero-order valence-corrected chi connectivity index (χ0v) is 24.8. The van der Waals surface area contributed by atoms with Crippen LogP contribution in [0.2, 0.25) is 0 Å². The van der Waals surface area contributed by atoms with Crippen molar-refractivity contribution in [2.24, 2.45) is 0 Å². The summed E-state index contributed by atoms with van der Waals surface area (Å²) in [6, 6.07) is 2.02. The summed E-state index contributed by atoms with van der Waals surface area (Å²) in [7, 11) is 4.14. The normalized spacial score (nSPS) is 18.1. The number of aromatic nitrogens is 2. The number of hydrogen-bond acceptors (Lipinski definition) is 10. The number of nitrogens with zero attached hydrogens (tertiary/aromatic N) is 6. The fraction of sp³-hybridized carbons (Fsp3) is 0.615. The Labute approximate surface area is 240 Å². The highest BCUT2D eigenvalue weighted by Gasteiger charge is 2.36. The van der Waals surface area contributed by atoms with E-state index >= 15 is 0 Å². The summed E-state index contributed by atoms with van der Waals surface area (Å²) in [5.74, 6) is -3.10. The van der Waals surface area contributed by atoms with Gasteiger partial charge in [0, 0.05) is 57.8 Å². The maximum atomic E-state index is 13.7. The molecule has 14 heteroatoms. The molecule has 2 saturated heterocycles. The van der Waals surface area contributed by atoms with Crippen molar-refractivity contribution in [3.8, 4) is 0 Å². The zero-order valence-electron chi connectivity index (χ0n) is 23.1. The van der Waals surface area contributed by atoms with Gasteiger partial charge in [-0.25, -0.2) is 18.7 Å². The molecule has 3 aromatic rings. The minimum Gasteiger partial charge on any atom is -0.352 e. The number of rotatable bonds is 9. The van der Waals surface area contributed by atoms with Crippen molar-refractivity contribution in [3.63, 3.8) is 0 Å². The van der Waals surface area contributed by atoms with Crippen LogP contribution in [-0.2, 0) is 9.59 Å². The van der Waals surface area contributed by atoms with Crippen LogP contribution in [0.5, 0.6) is 0 Å².